The Morgan fingerprint density at radius 1 is 1.59 bits per heavy atom. The van der Waals surface area contributed by atoms with Gasteiger partial charge in [-0.3, -0.25) is 4.90 Å². The van der Waals surface area contributed by atoms with Crippen LogP contribution >= 0.6 is 0 Å². The van der Waals surface area contributed by atoms with Gasteiger partial charge in [-0.25, -0.2) is 4.39 Å². The molecule has 90 valence electrons. The molecule has 0 saturated carbocycles. The average molecular weight is 234 g/mol. The fraction of sp³-hybridized carbons (Fsp3) is 0.462. The number of rotatable bonds is 3. The minimum atomic E-state index is -0.349. The summed E-state index contributed by atoms with van der Waals surface area (Å²) >= 11 is 0. The van der Waals surface area contributed by atoms with Crippen molar-refractivity contribution < 1.29 is 9.13 Å². The molecule has 0 spiro atoms. The molecule has 1 heterocycles. The van der Waals surface area contributed by atoms with Crippen LogP contribution in [0.4, 0.5) is 4.39 Å². The van der Waals surface area contributed by atoms with Gasteiger partial charge in [-0.05, 0) is 37.1 Å². The predicted octanol–water partition coefficient (Wildman–Crippen LogP) is 2.32. The normalized spacial score (nSPS) is 20.2. The lowest BCUT2D eigenvalue weighted by atomic mass is 10.2. The van der Waals surface area contributed by atoms with E-state index in [1.165, 1.54) is 13.2 Å². The van der Waals surface area contributed by atoms with Crippen molar-refractivity contribution in [3.05, 3.63) is 29.6 Å². The number of halogens is 1. The highest BCUT2D eigenvalue weighted by atomic mass is 19.1. The first-order valence-corrected chi connectivity index (χ1v) is 5.70. The first-order valence-electron chi connectivity index (χ1n) is 5.70. The molecule has 0 aliphatic carbocycles. The number of hydrogen-bond donors (Lipinski definition) is 0. The minimum absolute atomic E-state index is 0.0276. The second-order valence-corrected chi connectivity index (χ2v) is 4.23. The van der Waals surface area contributed by atoms with Gasteiger partial charge in [-0.2, -0.15) is 5.26 Å². The van der Waals surface area contributed by atoms with Gasteiger partial charge in [-0.1, -0.05) is 6.07 Å². The third-order valence-electron chi connectivity index (χ3n) is 3.11. The molecule has 0 aromatic heterocycles. The van der Waals surface area contributed by atoms with Gasteiger partial charge in [0.15, 0.2) is 11.6 Å². The summed E-state index contributed by atoms with van der Waals surface area (Å²) in [5.74, 6) is -0.0929. The number of likely N-dealkylation sites (tertiary alicyclic amines) is 1. The molecule has 1 atom stereocenters. The van der Waals surface area contributed by atoms with Crippen molar-refractivity contribution in [2.24, 2.45) is 0 Å². The molecule has 1 aliphatic rings. The zero-order chi connectivity index (χ0) is 12.3. The number of ether oxygens (including phenoxy) is 1. The van der Waals surface area contributed by atoms with Crippen molar-refractivity contribution in [1.82, 2.24) is 4.90 Å². The zero-order valence-corrected chi connectivity index (χ0v) is 9.82. The van der Waals surface area contributed by atoms with E-state index in [4.69, 9.17) is 10.00 Å². The fourth-order valence-electron chi connectivity index (χ4n) is 2.20. The molecule has 2 rings (SSSR count). The summed E-state index contributed by atoms with van der Waals surface area (Å²) in [6.45, 7) is 1.53. The Bertz CT molecular complexity index is 442. The third-order valence-corrected chi connectivity index (χ3v) is 3.11. The van der Waals surface area contributed by atoms with E-state index < -0.39 is 0 Å². The lowest BCUT2D eigenvalue weighted by molar-refractivity contribution is 0.285. The SMILES string of the molecule is COc1ccc(CN2CCCC2C#N)cc1F. The van der Waals surface area contributed by atoms with Crippen molar-refractivity contribution in [3.63, 3.8) is 0 Å². The van der Waals surface area contributed by atoms with Crippen LogP contribution < -0.4 is 4.74 Å². The molecule has 0 N–H and O–H groups in total. The molecule has 3 nitrogen and oxygen atoms in total. The Morgan fingerprint density at radius 3 is 3.06 bits per heavy atom. The summed E-state index contributed by atoms with van der Waals surface area (Å²) in [6.07, 6.45) is 1.95. The summed E-state index contributed by atoms with van der Waals surface area (Å²) in [4.78, 5) is 2.08. The van der Waals surface area contributed by atoms with Crippen LogP contribution in [-0.4, -0.2) is 24.6 Å². The average Bonchev–Trinajstić information content (AvgIpc) is 2.76. The van der Waals surface area contributed by atoms with Crippen LogP contribution in [0, 0.1) is 17.1 Å². The summed E-state index contributed by atoms with van der Waals surface area (Å²) in [7, 11) is 1.45. The lowest BCUT2D eigenvalue weighted by Crippen LogP contribution is -2.27. The van der Waals surface area contributed by atoms with E-state index in [0.29, 0.717) is 6.54 Å². The maximum atomic E-state index is 13.5. The van der Waals surface area contributed by atoms with Crippen LogP contribution in [0.5, 0.6) is 5.75 Å². The van der Waals surface area contributed by atoms with E-state index in [9.17, 15) is 4.39 Å². The number of hydrogen-bond acceptors (Lipinski definition) is 3. The summed E-state index contributed by atoms with van der Waals surface area (Å²) in [5.41, 5.74) is 0.880. The van der Waals surface area contributed by atoms with Gasteiger partial charge in [0.25, 0.3) is 0 Å². The van der Waals surface area contributed by atoms with Crippen molar-refractivity contribution in [3.8, 4) is 11.8 Å². The van der Waals surface area contributed by atoms with Gasteiger partial charge < -0.3 is 4.74 Å². The quantitative estimate of drug-likeness (QED) is 0.805. The van der Waals surface area contributed by atoms with Gasteiger partial charge in [-0.15, -0.1) is 0 Å². The Balaban J connectivity index is 2.09. The maximum absolute atomic E-state index is 13.5. The Hall–Kier alpha value is -1.60. The standard InChI is InChI=1S/C13H15FN2O/c1-17-13-5-4-10(7-12(13)14)9-16-6-2-3-11(16)8-15/h4-5,7,11H,2-3,6,9H2,1H3. The largest absolute Gasteiger partial charge is 0.494 e. The molecule has 0 radical (unpaired) electrons. The van der Waals surface area contributed by atoms with Crippen molar-refractivity contribution >= 4 is 0 Å². The van der Waals surface area contributed by atoms with E-state index in [2.05, 4.69) is 11.0 Å². The smallest absolute Gasteiger partial charge is 0.165 e. The highest BCUT2D eigenvalue weighted by molar-refractivity contribution is 5.29. The molecule has 1 aromatic rings. The molecule has 4 heteroatoms. The number of nitrogens with zero attached hydrogens (tertiary/aromatic N) is 2. The molecule has 1 fully saturated rings. The fourth-order valence-corrected chi connectivity index (χ4v) is 2.20. The van der Waals surface area contributed by atoms with Crippen molar-refractivity contribution in [2.75, 3.05) is 13.7 Å². The molecule has 0 bridgehead atoms. The van der Waals surface area contributed by atoms with Crippen LogP contribution in [0.1, 0.15) is 18.4 Å². The van der Waals surface area contributed by atoms with Crippen molar-refractivity contribution in [2.45, 2.75) is 25.4 Å². The van der Waals surface area contributed by atoms with E-state index >= 15 is 0 Å². The number of nitriles is 1. The van der Waals surface area contributed by atoms with E-state index in [0.717, 1.165) is 24.9 Å². The maximum Gasteiger partial charge on any atom is 0.165 e. The van der Waals surface area contributed by atoms with Crippen molar-refractivity contribution in [1.29, 1.82) is 5.26 Å². The molecule has 1 aromatic carbocycles. The number of methoxy groups -OCH3 is 1. The number of benzene rings is 1. The van der Waals surface area contributed by atoms with E-state index in [-0.39, 0.29) is 17.6 Å². The Morgan fingerprint density at radius 2 is 2.41 bits per heavy atom. The molecular formula is C13H15FN2O. The van der Waals surface area contributed by atoms with Gasteiger partial charge in [0, 0.05) is 6.54 Å². The second-order valence-electron chi connectivity index (χ2n) is 4.23. The first kappa shape index (κ1) is 11.9. The topological polar surface area (TPSA) is 36.3 Å². The van der Waals surface area contributed by atoms with Crippen LogP contribution in [0.3, 0.4) is 0 Å². The predicted molar refractivity (Wildman–Crippen MR) is 62.0 cm³/mol. The Labute approximate surface area is 100 Å². The molecule has 1 saturated heterocycles. The van der Waals surface area contributed by atoms with Crippen LogP contribution in [0.25, 0.3) is 0 Å². The van der Waals surface area contributed by atoms with Gasteiger partial charge in [0.05, 0.1) is 19.2 Å². The van der Waals surface area contributed by atoms with Gasteiger partial charge in [0.2, 0.25) is 0 Å². The van der Waals surface area contributed by atoms with Gasteiger partial charge in [0.1, 0.15) is 0 Å². The summed E-state index contributed by atoms with van der Waals surface area (Å²) in [5, 5.41) is 8.97. The monoisotopic (exact) mass is 234 g/mol. The van der Waals surface area contributed by atoms with E-state index in [1.807, 2.05) is 6.07 Å². The summed E-state index contributed by atoms with van der Waals surface area (Å²) in [6, 6.07) is 7.20. The minimum Gasteiger partial charge on any atom is -0.494 e. The molecular weight excluding hydrogens is 219 g/mol. The molecule has 1 aliphatic heterocycles. The van der Waals surface area contributed by atoms with Gasteiger partial charge >= 0.3 is 0 Å². The highest BCUT2D eigenvalue weighted by Crippen LogP contribution is 2.22. The second kappa shape index (κ2) is 5.15. The van der Waals surface area contributed by atoms with E-state index in [1.54, 1.807) is 6.07 Å². The van der Waals surface area contributed by atoms with Crippen LogP contribution in [0.2, 0.25) is 0 Å². The molecule has 0 amide bonds. The highest BCUT2D eigenvalue weighted by Gasteiger charge is 2.24. The molecule has 17 heavy (non-hydrogen) atoms. The first-order chi connectivity index (χ1) is 8.24. The Kier molecular flexibility index (Phi) is 3.60. The zero-order valence-electron chi connectivity index (χ0n) is 9.82. The lowest BCUT2D eigenvalue weighted by Gasteiger charge is -2.19. The molecule has 1 unspecified atom stereocenters. The van der Waals surface area contributed by atoms with Crippen LogP contribution in [0.15, 0.2) is 18.2 Å². The van der Waals surface area contributed by atoms with Crippen LogP contribution in [-0.2, 0) is 6.54 Å². The third kappa shape index (κ3) is 2.56. The summed E-state index contributed by atoms with van der Waals surface area (Å²) < 4.78 is 18.4.